The first-order valence-corrected chi connectivity index (χ1v) is 9.66. The van der Waals surface area contributed by atoms with Crippen molar-refractivity contribution in [2.45, 2.75) is 10.1 Å². The smallest absolute Gasteiger partial charge is 0.287 e. The fraction of sp³-hybridized carbons (Fsp3) is 0.158. The van der Waals surface area contributed by atoms with Crippen LogP contribution in [-0.4, -0.2) is 33.0 Å². The molecule has 0 aliphatic heterocycles. The number of furan rings is 1. The number of nitrogens with zero attached hydrogens (tertiary/aromatic N) is 1. The molecule has 2 heterocycles. The first-order valence-electron chi connectivity index (χ1n) is 8.12. The second-order valence-corrected chi connectivity index (χ2v) is 7.81. The van der Waals surface area contributed by atoms with Gasteiger partial charge in [-0.3, -0.25) is 9.78 Å². The summed E-state index contributed by atoms with van der Waals surface area (Å²) in [5, 5.41) is 1.62. The van der Waals surface area contributed by atoms with Crippen molar-refractivity contribution < 1.29 is 22.4 Å². The molecule has 1 aromatic carbocycles. The molecule has 140 valence electrons. The Bertz CT molecular complexity index is 984. The van der Waals surface area contributed by atoms with Crippen LogP contribution >= 0.6 is 0 Å². The quantitative estimate of drug-likeness (QED) is 0.670. The van der Waals surface area contributed by atoms with E-state index in [1.807, 2.05) is 0 Å². The highest BCUT2D eigenvalue weighted by Gasteiger charge is 2.30. The van der Waals surface area contributed by atoms with Crippen LogP contribution in [-0.2, 0) is 9.84 Å². The van der Waals surface area contributed by atoms with Crippen molar-refractivity contribution in [1.29, 1.82) is 0 Å². The SMILES string of the molecule is COc1ccc(S(=O)(=O)[C@@H](CNC(=O)c2ccco2)c2cccnc2)cc1. The zero-order chi connectivity index (χ0) is 19.3. The minimum atomic E-state index is -3.78. The third kappa shape index (κ3) is 4.17. The van der Waals surface area contributed by atoms with Gasteiger partial charge in [-0.15, -0.1) is 0 Å². The zero-order valence-electron chi connectivity index (χ0n) is 14.5. The largest absolute Gasteiger partial charge is 0.497 e. The summed E-state index contributed by atoms with van der Waals surface area (Å²) in [5.41, 5.74) is 0.480. The Morgan fingerprint density at radius 2 is 1.96 bits per heavy atom. The average Bonchev–Trinajstić information content (AvgIpc) is 3.23. The molecule has 1 atom stereocenters. The number of amides is 1. The standard InChI is InChI=1S/C19H18N2O5S/c1-25-15-6-8-16(9-7-15)27(23,24)18(14-4-2-10-20-12-14)13-21-19(22)17-5-3-11-26-17/h2-12,18H,13H2,1H3,(H,21,22)/t18-/m0/s1. The van der Waals surface area contributed by atoms with Crippen molar-refractivity contribution in [2.24, 2.45) is 0 Å². The summed E-state index contributed by atoms with van der Waals surface area (Å²) in [6, 6.07) is 12.5. The first-order chi connectivity index (χ1) is 13.0. The predicted molar refractivity (Wildman–Crippen MR) is 98.2 cm³/mol. The zero-order valence-corrected chi connectivity index (χ0v) is 15.3. The second kappa shape index (κ2) is 8.05. The van der Waals surface area contributed by atoms with Crippen molar-refractivity contribution in [2.75, 3.05) is 13.7 Å². The summed E-state index contributed by atoms with van der Waals surface area (Å²) in [7, 11) is -2.28. The number of sulfone groups is 1. The number of carbonyl (C=O) groups is 1. The topological polar surface area (TPSA) is 98.5 Å². The molecule has 0 aliphatic carbocycles. The monoisotopic (exact) mass is 386 g/mol. The lowest BCUT2D eigenvalue weighted by atomic mass is 10.2. The van der Waals surface area contributed by atoms with Gasteiger partial charge in [0, 0.05) is 18.9 Å². The molecule has 3 rings (SSSR count). The summed E-state index contributed by atoms with van der Waals surface area (Å²) in [6.07, 6.45) is 4.41. The third-order valence-corrected chi connectivity index (χ3v) is 6.13. The number of ether oxygens (including phenoxy) is 1. The minimum absolute atomic E-state index is 0.113. The van der Waals surface area contributed by atoms with Crippen molar-refractivity contribution in [3.05, 3.63) is 78.5 Å². The molecule has 27 heavy (non-hydrogen) atoms. The Morgan fingerprint density at radius 3 is 2.56 bits per heavy atom. The number of rotatable bonds is 7. The Morgan fingerprint density at radius 1 is 1.19 bits per heavy atom. The number of benzene rings is 1. The lowest BCUT2D eigenvalue weighted by Gasteiger charge is -2.18. The molecule has 0 saturated heterocycles. The molecule has 0 radical (unpaired) electrons. The van der Waals surface area contributed by atoms with Gasteiger partial charge >= 0.3 is 0 Å². The van der Waals surface area contributed by atoms with Crippen molar-refractivity contribution in [3.63, 3.8) is 0 Å². The molecule has 0 bridgehead atoms. The highest BCUT2D eigenvalue weighted by atomic mass is 32.2. The Balaban J connectivity index is 1.90. The van der Waals surface area contributed by atoms with E-state index in [-0.39, 0.29) is 17.2 Å². The number of hydrogen-bond donors (Lipinski definition) is 1. The maximum absolute atomic E-state index is 13.2. The van der Waals surface area contributed by atoms with Crippen LogP contribution < -0.4 is 10.1 Å². The van der Waals surface area contributed by atoms with Crippen LogP contribution in [0.1, 0.15) is 21.4 Å². The predicted octanol–water partition coefficient (Wildman–Crippen LogP) is 2.63. The molecule has 2 aromatic heterocycles. The number of methoxy groups -OCH3 is 1. The van der Waals surface area contributed by atoms with Gasteiger partial charge in [0.2, 0.25) is 0 Å². The molecule has 0 aliphatic rings. The fourth-order valence-electron chi connectivity index (χ4n) is 2.58. The van der Waals surface area contributed by atoms with Gasteiger partial charge in [-0.2, -0.15) is 0 Å². The number of pyridine rings is 1. The van der Waals surface area contributed by atoms with E-state index < -0.39 is 21.0 Å². The van der Waals surface area contributed by atoms with Gasteiger partial charge in [0.25, 0.3) is 5.91 Å². The molecule has 3 aromatic rings. The molecule has 1 N–H and O–H groups in total. The first kappa shape index (κ1) is 18.7. The highest BCUT2D eigenvalue weighted by Crippen LogP contribution is 2.29. The Labute approximate surface area is 156 Å². The van der Waals surface area contributed by atoms with Crippen LogP contribution in [0, 0.1) is 0 Å². The van der Waals surface area contributed by atoms with E-state index >= 15 is 0 Å². The van der Waals surface area contributed by atoms with Crippen LogP contribution in [0.2, 0.25) is 0 Å². The Hall–Kier alpha value is -3.13. The normalized spacial score (nSPS) is 12.3. The number of aromatic nitrogens is 1. The molecule has 0 fully saturated rings. The van der Waals surface area contributed by atoms with Crippen molar-refractivity contribution in [1.82, 2.24) is 10.3 Å². The average molecular weight is 386 g/mol. The summed E-state index contributed by atoms with van der Waals surface area (Å²) in [4.78, 5) is 16.3. The summed E-state index contributed by atoms with van der Waals surface area (Å²) in [5.74, 6) is 0.179. The lowest BCUT2D eigenvalue weighted by Crippen LogP contribution is -2.31. The lowest BCUT2D eigenvalue weighted by molar-refractivity contribution is 0.0926. The molecule has 8 heteroatoms. The van der Waals surface area contributed by atoms with Crippen LogP contribution in [0.3, 0.4) is 0 Å². The van der Waals surface area contributed by atoms with E-state index in [1.165, 1.54) is 37.8 Å². The van der Waals surface area contributed by atoms with E-state index in [9.17, 15) is 13.2 Å². The summed E-state index contributed by atoms with van der Waals surface area (Å²) >= 11 is 0. The molecule has 0 saturated carbocycles. The minimum Gasteiger partial charge on any atom is -0.497 e. The van der Waals surface area contributed by atoms with Crippen LogP contribution in [0.5, 0.6) is 5.75 Å². The Kier molecular flexibility index (Phi) is 5.56. The molecular formula is C19H18N2O5S. The second-order valence-electron chi connectivity index (χ2n) is 5.68. The van der Waals surface area contributed by atoms with Gasteiger partial charge < -0.3 is 14.5 Å². The van der Waals surface area contributed by atoms with Gasteiger partial charge in [-0.1, -0.05) is 6.07 Å². The van der Waals surface area contributed by atoms with E-state index in [0.717, 1.165) is 0 Å². The maximum atomic E-state index is 13.2. The van der Waals surface area contributed by atoms with Gasteiger partial charge in [0.15, 0.2) is 15.6 Å². The van der Waals surface area contributed by atoms with Gasteiger partial charge in [0.05, 0.1) is 18.3 Å². The van der Waals surface area contributed by atoms with E-state index in [0.29, 0.717) is 11.3 Å². The number of hydrogen-bond acceptors (Lipinski definition) is 6. The molecule has 1 amide bonds. The number of nitrogens with one attached hydrogen (secondary N) is 1. The molecular weight excluding hydrogens is 368 g/mol. The fourth-order valence-corrected chi connectivity index (χ4v) is 4.23. The third-order valence-electron chi connectivity index (χ3n) is 4.01. The van der Waals surface area contributed by atoms with Crippen LogP contribution in [0.15, 0.2) is 76.5 Å². The summed E-state index contributed by atoms with van der Waals surface area (Å²) < 4.78 is 36.5. The van der Waals surface area contributed by atoms with Crippen molar-refractivity contribution >= 4 is 15.7 Å². The van der Waals surface area contributed by atoms with E-state index in [1.54, 1.807) is 36.5 Å². The highest BCUT2D eigenvalue weighted by molar-refractivity contribution is 7.91. The van der Waals surface area contributed by atoms with E-state index in [2.05, 4.69) is 10.3 Å². The van der Waals surface area contributed by atoms with Gasteiger partial charge in [-0.05, 0) is 48.0 Å². The van der Waals surface area contributed by atoms with Gasteiger partial charge in [-0.25, -0.2) is 8.42 Å². The van der Waals surface area contributed by atoms with Crippen LogP contribution in [0.4, 0.5) is 0 Å². The van der Waals surface area contributed by atoms with Crippen molar-refractivity contribution in [3.8, 4) is 5.75 Å². The molecule has 0 unspecified atom stereocenters. The summed E-state index contributed by atoms with van der Waals surface area (Å²) in [6.45, 7) is -0.125. The van der Waals surface area contributed by atoms with E-state index in [4.69, 9.17) is 9.15 Å². The maximum Gasteiger partial charge on any atom is 0.287 e. The van der Waals surface area contributed by atoms with Gasteiger partial charge in [0.1, 0.15) is 11.0 Å². The molecule has 0 spiro atoms. The number of carbonyl (C=O) groups excluding carboxylic acids is 1. The molecule has 7 nitrogen and oxygen atoms in total. The van der Waals surface area contributed by atoms with Crippen LogP contribution in [0.25, 0.3) is 0 Å².